The maximum atomic E-state index is 11.6. The summed E-state index contributed by atoms with van der Waals surface area (Å²) in [6.45, 7) is 0.0438. The third kappa shape index (κ3) is 4.42. The molecule has 0 amide bonds. The van der Waals surface area contributed by atoms with Gasteiger partial charge in [0, 0.05) is 10.7 Å². The molecule has 0 fully saturated rings. The molecular weight excluding hydrogens is 373 g/mol. The Morgan fingerprint density at radius 3 is 2.72 bits per heavy atom. The number of methoxy groups -OCH3 is 1. The number of nitrogens with one attached hydrogen (secondary N) is 1. The second-order valence-corrected chi connectivity index (χ2v) is 6.50. The number of carboxylic acids is 1. The van der Waals surface area contributed by atoms with Crippen molar-refractivity contribution < 1.29 is 23.1 Å². The first-order chi connectivity index (χ1) is 8.35. The van der Waals surface area contributed by atoms with E-state index in [1.165, 1.54) is 19.2 Å². The molecule has 0 saturated carbocycles. The third-order valence-corrected chi connectivity index (χ3v) is 3.94. The van der Waals surface area contributed by atoms with Gasteiger partial charge in [0.05, 0.1) is 23.6 Å². The van der Waals surface area contributed by atoms with Gasteiger partial charge in [-0.3, -0.25) is 4.72 Å². The van der Waals surface area contributed by atoms with Crippen molar-refractivity contribution in [2.45, 2.75) is 0 Å². The summed E-state index contributed by atoms with van der Waals surface area (Å²) in [6.07, 6.45) is 0. The molecule has 2 N–H and O–H groups in total. The first-order valence-electron chi connectivity index (χ1n) is 4.88. The van der Waals surface area contributed by atoms with Crippen LogP contribution in [0.5, 0.6) is 0 Å². The lowest BCUT2D eigenvalue weighted by Crippen LogP contribution is -2.21. The Labute approximate surface area is 119 Å². The molecule has 0 aliphatic carbocycles. The summed E-state index contributed by atoms with van der Waals surface area (Å²) < 4.78 is 30.9. The van der Waals surface area contributed by atoms with Gasteiger partial charge < -0.3 is 9.84 Å². The van der Waals surface area contributed by atoms with Crippen LogP contribution in [0.1, 0.15) is 10.4 Å². The van der Waals surface area contributed by atoms with Gasteiger partial charge in [0.15, 0.2) is 0 Å². The van der Waals surface area contributed by atoms with E-state index in [9.17, 15) is 13.2 Å². The molecule has 0 bridgehead atoms. The summed E-state index contributed by atoms with van der Waals surface area (Å²) in [4.78, 5) is 11.0. The van der Waals surface area contributed by atoms with Crippen LogP contribution in [-0.2, 0) is 14.8 Å². The summed E-state index contributed by atoms with van der Waals surface area (Å²) in [5, 5.41) is 9.00. The quantitative estimate of drug-likeness (QED) is 0.722. The van der Waals surface area contributed by atoms with E-state index in [0.717, 1.165) is 0 Å². The summed E-state index contributed by atoms with van der Waals surface area (Å²) >= 11 is 1.95. The molecule has 0 aromatic heterocycles. The van der Waals surface area contributed by atoms with Crippen LogP contribution in [0.25, 0.3) is 0 Å². The van der Waals surface area contributed by atoms with Crippen LogP contribution in [-0.4, -0.2) is 39.0 Å². The molecule has 0 aliphatic heterocycles. The molecule has 0 aliphatic rings. The number of hydrogen-bond donors (Lipinski definition) is 2. The first-order valence-corrected chi connectivity index (χ1v) is 7.61. The molecule has 0 spiro atoms. The molecule has 100 valence electrons. The number of carbonyl (C=O) groups is 1. The van der Waals surface area contributed by atoms with Crippen LogP contribution in [0.3, 0.4) is 0 Å². The van der Waals surface area contributed by atoms with Crippen LogP contribution in [0.2, 0.25) is 0 Å². The smallest absolute Gasteiger partial charge is 0.337 e. The number of ether oxygens (including phenoxy) is 1. The lowest BCUT2D eigenvalue weighted by atomic mass is 10.2. The fourth-order valence-electron chi connectivity index (χ4n) is 1.19. The molecule has 0 radical (unpaired) electrons. The van der Waals surface area contributed by atoms with Crippen LogP contribution < -0.4 is 4.72 Å². The van der Waals surface area contributed by atoms with Gasteiger partial charge in [0.2, 0.25) is 10.0 Å². The van der Waals surface area contributed by atoms with Crippen molar-refractivity contribution >= 4 is 44.3 Å². The molecule has 6 nitrogen and oxygen atoms in total. The number of halogens is 1. The minimum Gasteiger partial charge on any atom is -0.478 e. The second kappa shape index (κ2) is 6.34. The van der Waals surface area contributed by atoms with Gasteiger partial charge in [0.1, 0.15) is 0 Å². The number of aromatic carboxylic acids is 1. The number of hydrogen-bond acceptors (Lipinski definition) is 4. The molecule has 0 unspecified atom stereocenters. The van der Waals surface area contributed by atoms with Gasteiger partial charge in [-0.2, -0.15) is 0 Å². The van der Waals surface area contributed by atoms with Crippen molar-refractivity contribution in [3.63, 3.8) is 0 Å². The monoisotopic (exact) mass is 385 g/mol. The molecule has 1 rings (SSSR count). The zero-order valence-electron chi connectivity index (χ0n) is 9.51. The summed E-state index contributed by atoms with van der Waals surface area (Å²) in [6, 6.07) is 4.45. The summed E-state index contributed by atoms with van der Waals surface area (Å²) in [7, 11) is -2.21. The van der Waals surface area contributed by atoms with Gasteiger partial charge >= 0.3 is 5.97 Å². The van der Waals surface area contributed by atoms with Gasteiger partial charge in [-0.05, 0) is 40.8 Å². The van der Waals surface area contributed by atoms with Crippen LogP contribution in [0.4, 0.5) is 5.69 Å². The Hall–Kier alpha value is -0.870. The minimum atomic E-state index is -3.61. The fourth-order valence-corrected chi connectivity index (χ4v) is 2.69. The highest BCUT2D eigenvalue weighted by Crippen LogP contribution is 2.20. The predicted octanol–water partition coefficient (Wildman–Crippen LogP) is 1.38. The van der Waals surface area contributed by atoms with Crippen molar-refractivity contribution in [1.29, 1.82) is 0 Å². The molecule has 1 aromatic carbocycles. The van der Waals surface area contributed by atoms with E-state index in [-0.39, 0.29) is 23.6 Å². The van der Waals surface area contributed by atoms with E-state index in [1.54, 1.807) is 6.07 Å². The van der Waals surface area contributed by atoms with E-state index in [2.05, 4.69) is 9.46 Å². The van der Waals surface area contributed by atoms with Gasteiger partial charge in [0.25, 0.3) is 0 Å². The zero-order valence-corrected chi connectivity index (χ0v) is 12.5. The van der Waals surface area contributed by atoms with Crippen molar-refractivity contribution in [2.75, 3.05) is 24.2 Å². The van der Waals surface area contributed by atoms with E-state index in [0.29, 0.717) is 3.57 Å². The Balaban J connectivity index is 3.01. The molecule has 0 saturated heterocycles. The third-order valence-electron chi connectivity index (χ3n) is 2.03. The predicted molar refractivity (Wildman–Crippen MR) is 75.4 cm³/mol. The van der Waals surface area contributed by atoms with Crippen molar-refractivity contribution in [2.24, 2.45) is 0 Å². The maximum absolute atomic E-state index is 11.6. The summed E-state index contributed by atoms with van der Waals surface area (Å²) in [5.74, 6) is -1.41. The minimum absolute atomic E-state index is 0.0438. The van der Waals surface area contributed by atoms with E-state index < -0.39 is 16.0 Å². The number of sulfonamides is 1. The standard InChI is InChI=1S/C10H12INO5S/c1-17-4-5-18(15,16)12-9-3-2-7(11)6-8(9)10(13)14/h2-3,6,12H,4-5H2,1H3,(H,13,14). The van der Waals surface area contributed by atoms with E-state index >= 15 is 0 Å². The summed E-state index contributed by atoms with van der Waals surface area (Å²) in [5.41, 5.74) is -0.0260. The van der Waals surface area contributed by atoms with Gasteiger partial charge in [-0.15, -0.1) is 0 Å². The SMILES string of the molecule is COCCS(=O)(=O)Nc1ccc(I)cc1C(=O)O. The number of carboxylic acid groups (broad SMARTS) is 1. The number of anilines is 1. The average Bonchev–Trinajstić information content (AvgIpc) is 2.28. The fraction of sp³-hybridized carbons (Fsp3) is 0.300. The first kappa shape index (κ1) is 15.2. The van der Waals surface area contributed by atoms with Crippen molar-refractivity contribution in [3.05, 3.63) is 27.3 Å². The normalized spacial score (nSPS) is 11.2. The molecule has 8 heteroatoms. The maximum Gasteiger partial charge on any atom is 0.337 e. The lowest BCUT2D eigenvalue weighted by Gasteiger charge is -2.10. The van der Waals surface area contributed by atoms with Crippen LogP contribution in [0.15, 0.2) is 18.2 Å². The Morgan fingerprint density at radius 1 is 1.50 bits per heavy atom. The highest BCUT2D eigenvalue weighted by Gasteiger charge is 2.16. The molecular formula is C10H12INO5S. The highest BCUT2D eigenvalue weighted by atomic mass is 127. The number of benzene rings is 1. The van der Waals surface area contributed by atoms with Crippen molar-refractivity contribution in [1.82, 2.24) is 0 Å². The zero-order chi connectivity index (χ0) is 13.8. The Kier molecular flexibility index (Phi) is 5.35. The highest BCUT2D eigenvalue weighted by molar-refractivity contribution is 14.1. The molecule has 1 aromatic rings. The van der Waals surface area contributed by atoms with Crippen LogP contribution in [0, 0.1) is 3.57 Å². The van der Waals surface area contributed by atoms with Crippen LogP contribution >= 0.6 is 22.6 Å². The average molecular weight is 385 g/mol. The second-order valence-electron chi connectivity index (χ2n) is 3.41. The number of rotatable bonds is 6. The van der Waals surface area contributed by atoms with E-state index in [1.807, 2.05) is 22.6 Å². The lowest BCUT2D eigenvalue weighted by molar-refractivity contribution is 0.0698. The Bertz CT molecular complexity index is 543. The van der Waals surface area contributed by atoms with Gasteiger partial charge in [-0.25, -0.2) is 13.2 Å². The molecule has 0 atom stereocenters. The van der Waals surface area contributed by atoms with E-state index in [4.69, 9.17) is 5.11 Å². The van der Waals surface area contributed by atoms with Crippen molar-refractivity contribution in [3.8, 4) is 0 Å². The largest absolute Gasteiger partial charge is 0.478 e. The molecule has 18 heavy (non-hydrogen) atoms. The topological polar surface area (TPSA) is 92.7 Å². The van der Waals surface area contributed by atoms with Gasteiger partial charge in [-0.1, -0.05) is 0 Å². The molecule has 0 heterocycles. The Morgan fingerprint density at radius 2 is 2.17 bits per heavy atom.